The van der Waals surface area contributed by atoms with Gasteiger partial charge in [-0.15, -0.1) is 12.3 Å². The molecule has 20 heavy (non-hydrogen) atoms. The molecule has 0 bridgehead atoms. The van der Waals surface area contributed by atoms with E-state index in [9.17, 15) is 0 Å². The molecule has 0 heterocycles. The summed E-state index contributed by atoms with van der Waals surface area (Å²) in [5, 5.41) is 0. The highest BCUT2D eigenvalue weighted by molar-refractivity contribution is 5.19. The first kappa shape index (κ1) is 18.8. The molecule has 1 aromatic carbocycles. The average molecular weight is 272 g/mol. The SMILES string of the molecule is C#CCCCCCC.CCCC(CC)c1ccccc1. The molecule has 0 amide bonds. The van der Waals surface area contributed by atoms with Crippen molar-refractivity contribution in [3.8, 4) is 12.3 Å². The Morgan fingerprint density at radius 2 is 1.65 bits per heavy atom. The summed E-state index contributed by atoms with van der Waals surface area (Å²) in [5.41, 5.74) is 1.50. The maximum absolute atomic E-state index is 5.06. The monoisotopic (exact) mass is 272 g/mol. The van der Waals surface area contributed by atoms with Gasteiger partial charge in [-0.1, -0.05) is 76.8 Å². The Kier molecular flexibility index (Phi) is 13.3. The van der Waals surface area contributed by atoms with E-state index >= 15 is 0 Å². The van der Waals surface area contributed by atoms with Crippen LogP contribution in [0.2, 0.25) is 0 Å². The molecule has 0 heteroatoms. The van der Waals surface area contributed by atoms with Crippen molar-refractivity contribution in [1.29, 1.82) is 0 Å². The second-order valence-electron chi connectivity index (χ2n) is 5.32. The summed E-state index contributed by atoms with van der Waals surface area (Å²) >= 11 is 0. The van der Waals surface area contributed by atoms with Crippen LogP contribution in [0.25, 0.3) is 0 Å². The third-order valence-electron chi connectivity index (χ3n) is 3.58. The van der Waals surface area contributed by atoms with Crippen LogP contribution in [0.1, 0.15) is 83.6 Å². The van der Waals surface area contributed by atoms with E-state index in [-0.39, 0.29) is 0 Å². The maximum Gasteiger partial charge on any atom is 0.00860 e. The van der Waals surface area contributed by atoms with E-state index in [1.54, 1.807) is 0 Å². The molecule has 0 aliphatic carbocycles. The van der Waals surface area contributed by atoms with Gasteiger partial charge in [0.1, 0.15) is 0 Å². The van der Waals surface area contributed by atoms with Gasteiger partial charge >= 0.3 is 0 Å². The lowest BCUT2D eigenvalue weighted by Gasteiger charge is -2.13. The van der Waals surface area contributed by atoms with Gasteiger partial charge in [0.05, 0.1) is 0 Å². The highest BCUT2D eigenvalue weighted by Gasteiger charge is 2.06. The van der Waals surface area contributed by atoms with Gasteiger partial charge in [-0.05, 0) is 30.7 Å². The van der Waals surface area contributed by atoms with Crippen molar-refractivity contribution in [3.63, 3.8) is 0 Å². The van der Waals surface area contributed by atoms with Crippen LogP contribution in [0.3, 0.4) is 0 Å². The van der Waals surface area contributed by atoms with Crippen LogP contribution in [-0.2, 0) is 0 Å². The Morgan fingerprint density at radius 1 is 0.950 bits per heavy atom. The number of benzene rings is 1. The molecule has 0 fully saturated rings. The smallest absolute Gasteiger partial charge is 0.00860 e. The van der Waals surface area contributed by atoms with Crippen molar-refractivity contribution in [2.75, 3.05) is 0 Å². The summed E-state index contributed by atoms with van der Waals surface area (Å²) < 4.78 is 0. The van der Waals surface area contributed by atoms with Crippen molar-refractivity contribution in [3.05, 3.63) is 35.9 Å². The first-order valence-electron chi connectivity index (χ1n) is 8.28. The van der Waals surface area contributed by atoms with Crippen molar-refractivity contribution in [2.24, 2.45) is 0 Å². The van der Waals surface area contributed by atoms with E-state index in [0.29, 0.717) is 0 Å². The molecular weight excluding hydrogens is 240 g/mol. The summed E-state index contributed by atoms with van der Waals surface area (Å²) in [6.07, 6.45) is 15.0. The molecular formula is C20H32. The van der Waals surface area contributed by atoms with Gasteiger partial charge in [0, 0.05) is 6.42 Å². The predicted molar refractivity (Wildman–Crippen MR) is 92.0 cm³/mol. The molecule has 1 aromatic rings. The molecule has 0 aliphatic heterocycles. The molecule has 112 valence electrons. The quantitative estimate of drug-likeness (QED) is 0.371. The number of rotatable bonds is 8. The van der Waals surface area contributed by atoms with Crippen molar-refractivity contribution >= 4 is 0 Å². The van der Waals surface area contributed by atoms with Crippen LogP contribution in [0.15, 0.2) is 30.3 Å². The van der Waals surface area contributed by atoms with E-state index in [2.05, 4.69) is 57.0 Å². The molecule has 0 N–H and O–H groups in total. The standard InChI is InChI=1S/C12H18.C8H14/c1-3-8-11(4-2)12-9-6-5-7-10-12;1-3-5-7-8-6-4-2/h5-7,9-11H,3-4,8H2,1-2H3;1H,4-8H2,2H3. The summed E-state index contributed by atoms with van der Waals surface area (Å²) in [5.74, 6) is 3.40. The average Bonchev–Trinajstić information content (AvgIpc) is 2.51. The number of hydrogen-bond donors (Lipinski definition) is 0. The van der Waals surface area contributed by atoms with Crippen LogP contribution < -0.4 is 0 Å². The Hall–Kier alpha value is -1.22. The van der Waals surface area contributed by atoms with E-state index in [4.69, 9.17) is 6.42 Å². The lowest BCUT2D eigenvalue weighted by molar-refractivity contribution is 0.596. The maximum atomic E-state index is 5.06. The van der Waals surface area contributed by atoms with E-state index in [1.807, 2.05) is 0 Å². The zero-order chi connectivity index (χ0) is 15.1. The summed E-state index contributed by atoms with van der Waals surface area (Å²) in [6.45, 7) is 6.73. The summed E-state index contributed by atoms with van der Waals surface area (Å²) in [6, 6.07) is 10.8. The van der Waals surface area contributed by atoms with Gasteiger partial charge in [-0.3, -0.25) is 0 Å². The lowest BCUT2D eigenvalue weighted by atomic mass is 9.92. The fourth-order valence-corrected chi connectivity index (χ4v) is 2.33. The van der Waals surface area contributed by atoms with Gasteiger partial charge < -0.3 is 0 Å². The Morgan fingerprint density at radius 3 is 2.15 bits per heavy atom. The summed E-state index contributed by atoms with van der Waals surface area (Å²) in [7, 11) is 0. The molecule has 0 aromatic heterocycles. The zero-order valence-electron chi connectivity index (χ0n) is 13.7. The molecule has 0 aliphatic rings. The van der Waals surface area contributed by atoms with Gasteiger partial charge in [0.2, 0.25) is 0 Å². The van der Waals surface area contributed by atoms with Crippen LogP contribution in [-0.4, -0.2) is 0 Å². The second-order valence-corrected chi connectivity index (χ2v) is 5.32. The third kappa shape index (κ3) is 9.68. The first-order chi connectivity index (χ1) is 9.79. The van der Waals surface area contributed by atoms with Crippen LogP contribution >= 0.6 is 0 Å². The fourth-order valence-electron chi connectivity index (χ4n) is 2.33. The Balaban J connectivity index is 0.000000396. The highest BCUT2D eigenvalue weighted by atomic mass is 14.1. The molecule has 1 atom stereocenters. The number of hydrogen-bond acceptors (Lipinski definition) is 0. The highest BCUT2D eigenvalue weighted by Crippen LogP contribution is 2.23. The molecule has 1 rings (SSSR count). The van der Waals surface area contributed by atoms with Crippen molar-refractivity contribution < 1.29 is 0 Å². The van der Waals surface area contributed by atoms with Crippen LogP contribution in [0.5, 0.6) is 0 Å². The predicted octanol–water partition coefficient (Wildman–Crippen LogP) is 6.57. The zero-order valence-corrected chi connectivity index (χ0v) is 13.7. The molecule has 0 saturated heterocycles. The molecule has 0 spiro atoms. The van der Waals surface area contributed by atoms with Gasteiger partial charge in [-0.2, -0.15) is 0 Å². The van der Waals surface area contributed by atoms with E-state index in [0.717, 1.165) is 12.3 Å². The lowest BCUT2D eigenvalue weighted by Crippen LogP contribution is -1.95. The molecule has 1 unspecified atom stereocenters. The molecule has 0 radical (unpaired) electrons. The summed E-state index contributed by atoms with van der Waals surface area (Å²) in [4.78, 5) is 0. The van der Waals surface area contributed by atoms with Gasteiger partial charge in [0.25, 0.3) is 0 Å². The second kappa shape index (κ2) is 14.2. The number of terminal acetylenes is 1. The normalized spacial score (nSPS) is 11.1. The molecule has 0 nitrogen and oxygen atoms in total. The van der Waals surface area contributed by atoms with Gasteiger partial charge in [0.15, 0.2) is 0 Å². The first-order valence-corrected chi connectivity index (χ1v) is 8.28. The van der Waals surface area contributed by atoms with Crippen molar-refractivity contribution in [2.45, 2.75) is 78.1 Å². The third-order valence-corrected chi connectivity index (χ3v) is 3.58. The van der Waals surface area contributed by atoms with Gasteiger partial charge in [-0.25, -0.2) is 0 Å². The Bertz CT molecular complexity index is 331. The minimum atomic E-state index is 0.774. The largest absolute Gasteiger partial charge is 0.120 e. The van der Waals surface area contributed by atoms with Crippen molar-refractivity contribution in [1.82, 2.24) is 0 Å². The Labute approximate surface area is 127 Å². The van der Waals surface area contributed by atoms with E-state index in [1.165, 1.54) is 50.5 Å². The van der Waals surface area contributed by atoms with E-state index < -0.39 is 0 Å². The fraction of sp³-hybridized carbons (Fsp3) is 0.600. The molecule has 0 saturated carbocycles. The number of unbranched alkanes of at least 4 members (excludes halogenated alkanes) is 4. The minimum Gasteiger partial charge on any atom is -0.120 e. The van der Waals surface area contributed by atoms with Crippen LogP contribution in [0.4, 0.5) is 0 Å². The minimum absolute atomic E-state index is 0.774. The van der Waals surface area contributed by atoms with Crippen LogP contribution in [0, 0.1) is 12.3 Å². The topological polar surface area (TPSA) is 0 Å².